The van der Waals surface area contributed by atoms with Crippen LogP contribution in [0.1, 0.15) is 41.6 Å². The number of likely N-dealkylation sites (tertiary alicyclic amines) is 1. The number of nitrogens with one attached hydrogen (secondary N) is 2. The van der Waals surface area contributed by atoms with E-state index in [2.05, 4.69) is 10.6 Å². The molecule has 2 aliphatic rings. The van der Waals surface area contributed by atoms with Gasteiger partial charge in [0.1, 0.15) is 0 Å². The Morgan fingerprint density at radius 3 is 2.85 bits per heavy atom. The van der Waals surface area contributed by atoms with Crippen molar-refractivity contribution in [1.82, 2.24) is 15.5 Å². The largest absolute Gasteiger partial charge is 0.354 e. The van der Waals surface area contributed by atoms with E-state index in [1.165, 1.54) is 6.07 Å². The summed E-state index contributed by atoms with van der Waals surface area (Å²) in [6.45, 7) is 4.28. The molecule has 2 N–H and O–H groups in total. The summed E-state index contributed by atoms with van der Waals surface area (Å²) in [5.74, 6) is 0.0465. The molecule has 146 valence electrons. The summed E-state index contributed by atoms with van der Waals surface area (Å²) < 4.78 is 0. The van der Waals surface area contributed by atoms with Crippen LogP contribution in [0.15, 0.2) is 18.2 Å². The number of amides is 2. The normalized spacial score (nSPS) is 22.5. The SMILES string of the molecule is Cc1ccc(C(=O)N2CCCC(CNC(=O)C3CCCN3)C2)cc1[N+](=O)[O-]. The average molecular weight is 374 g/mol. The van der Waals surface area contributed by atoms with Gasteiger partial charge in [-0.3, -0.25) is 19.7 Å². The van der Waals surface area contributed by atoms with Crippen LogP contribution in [0.5, 0.6) is 0 Å². The molecule has 0 spiro atoms. The number of nitro groups is 1. The second kappa shape index (κ2) is 8.47. The van der Waals surface area contributed by atoms with Crippen molar-refractivity contribution in [1.29, 1.82) is 0 Å². The number of hydrogen-bond donors (Lipinski definition) is 2. The lowest BCUT2D eigenvalue weighted by Gasteiger charge is -2.33. The Kier molecular flexibility index (Phi) is 6.05. The van der Waals surface area contributed by atoms with E-state index in [1.54, 1.807) is 24.0 Å². The third-order valence-electron chi connectivity index (χ3n) is 5.40. The molecule has 0 aliphatic carbocycles. The summed E-state index contributed by atoms with van der Waals surface area (Å²) in [7, 11) is 0. The van der Waals surface area contributed by atoms with Crippen molar-refractivity contribution in [3.05, 3.63) is 39.4 Å². The van der Waals surface area contributed by atoms with E-state index in [4.69, 9.17) is 0 Å². The number of carbonyl (C=O) groups is 2. The van der Waals surface area contributed by atoms with Crippen molar-refractivity contribution in [3.63, 3.8) is 0 Å². The van der Waals surface area contributed by atoms with Crippen molar-refractivity contribution in [3.8, 4) is 0 Å². The number of hydrogen-bond acceptors (Lipinski definition) is 5. The molecule has 1 aromatic carbocycles. The maximum atomic E-state index is 12.8. The summed E-state index contributed by atoms with van der Waals surface area (Å²) in [5, 5.41) is 17.3. The zero-order valence-electron chi connectivity index (χ0n) is 15.6. The van der Waals surface area contributed by atoms with E-state index in [9.17, 15) is 19.7 Å². The summed E-state index contributed by atoms with van der Waals surface area (Å²) in [6, 6.07) is 4.51. The van der Waals surface area contributed by atoms with E-state index >= 15 is 0 Å². The first-order valence-electron chi connectivity index (χ1n) is 9.51. The van der Waals surface area contributed by atoms with E-state index in [0.29, 0.717) is 30.8 Å². The fourth-order valence-electron chi connectivity index (χ4n) is 3.81. The molecule has 8 nitrogen and oxygen atoms in total. The molecule has 0 bridgehead atoms. The fourth-order valence-corrected chi connectivity index (χ4v) is 3.81. The Hall–Kier alpha value is -2.48. The van der Waals surface area contributed by atoms with Crippen molar-refractivity contribution in [2.45, 2.75) is 38.6 Å². The van der Waals surface area contributed by atoms with E-state index in [-0.39, 0.29) is 29.5 Å². The maximum Gasteiger partial charge on any atom is 0.273 e. The maximum absolute atomic E-state index is 12.8. The van der Waals surface area contributed by atoms with Gasteiger partial charge in [-0.1, -0.05) is 6.07 Å². The molecule has 2 heterocycles. The van der Waals surface area contributed by atoms with Gasteiger partial charge in [0.25, 0.3) is 11.6 Å². The van der Waals surface area contributed by atoms with Gasteiger partial charge >= 0.3 is 0 Å². The van der Waals surface area contributed by atoms with Gasteiger partial charge in [-0.2, -0.15) is 0 Å². The highest BCUT2D eigenvalue weighted by atomic mass is 16.6. The number of piperidine rings is 1. The lowest BCUT2D eigenvalue weighted by molar-refractivity contribution is -0.385. The van der Waals surface area contributed by atoms with Crippen LogP contribution in [0, 0.1) is 23.0 Å². The van der Waals surface area contributed by atoms with Crippen LogP contribution in [0.25, 0.3) is 0 Å². The summed E-state index contributed by atoms with van der Waals surface area (Å²) in [6.07, 6.45) is 3.71. The van der Waals surface area contributed by atoms with E-state index in [1.807, 2.05) is 0 Å². The minimum atomic E-state index is -0.461. The van der Waals surface area contributed by atoms with Gasteiger partial charge in [0.05, 0.1) is 11.0 Å². The highest BCUT2D eigenvalue weighted by molar-refractivity contribution is 5.95. The standard InChI is InChI=1S/C19H26N4O4/c1-13-6-7-15(10-17(13)23(26)27)19(25)22-9-3-4-14(12-22)11-21-18(24)16-5-2-8-20-16/h6-7,10,14,16,20H,2-5,8-9,11-12H2,1H3,(H,21,24). The van der Waals surface area contributed by atoms with E-state index < -0.39 is 4.92 Å². The van der Waals surface area contributed by atoms with Crippen LogP contribution in [0.2, 0.25) is 0 Å². The smallest absolute Gasteiger partial charge is 0.273 e. The molecule has 27 heavy (non-hydrogen) atoms. The molecule has 2 atom stereocenters. The number of benzene rings is 1. The monoisotopic (exact) mass is 374 g/mol. The van der Waals surface area contributed by atoms with Crippen LogP contribution in [0.4, 0.5) is 5.69 Å². The molecule has 0 aromatic heterocycles. The van der Waals surface area contributed by atoms with Gasteiger partial charge in [-0.25, -0.2) is 0 Å². The van der Waals surface area contributed by atoms with Gasteiger partial charge < -0.3 is 15.5 Å². The molecule has 3 rings (SSSR count). The van der Waals surface area contributed by atoms with Crippen molar-refractivity contribution < 1.29 is 14.5 Å². The van der Waals surface area contributed by atoms with E-state index in [0.717, 1.165) is 32.2 Å². The molecule has 2 saturated heterocycles. The second-order valence-electron chi connectivity index (χ2n) is 7.41. The molecule has 0 saturated carbocycles. The third kappa shape index (κ3) is 4.63. The number of nitrogens with zero attached hydrogens (tertiary/aromatic N) is 2. The molecule has 0 radical (unpaired) electrons. The molecular formula is C19H26N4O4. The van der Waals surface area contributed by atoms with Crippen LogP contribution in [-0.4, -0.2) is 53.9 Å². The average Bonchev–Trinajstić information content (AvgIpc) is 3.21. The minimum Gasteiger partial charge on any atom is -0.354 e. The summed E-state index contributed by atoms with van der Waals surface area (Å²) >= 11 is 0. The Morgan fingerprint density at radius 2 is 2.15 bits per heavy atom. The Morgan fingerprint density at radius 1 is 1.33 bits per heavy atom. The Balaban J connectivity index is 1.58. The second-order valence-corrected chi connectivity index (χ2v) is 7.41. The highest BCUT2D eigenvalue weighted by Gasteiger charge is 2.27. The van der Waals surface area contributed by atoms with Crippen LogP contribution >= 0.6 is 0 Å². The minimum absolute atomic E-state index is 0.0325. The molecular weight excluding hydrogens is 348 g/mol. The van der Waals surface area contributed by atoms with Crippen molar-refractivity contribution in [2.75, 3.05) is 26.2 Å². The first-order chi connectivity index (χ1) is 13.0. The molecule has 8 heteroatoms. The predicted octanol–water partition coefficient (Wildman–Crippen LogP) is 1.62. The van der Waals surface area contributed by atoms with Crippen LogP contribution < -0.4 is 10.6 Å². The van der Waals surface area contributed by atoms with Gasteiger partial charge in [-0.15, -0.1) is 0 Å². The van der Waals surface area contributed by atoms with Crippen molar-refractivity contribution in [2.24, 2.45) is 5.92 Å². The predicted molar refractivity (Wildman–Crippen MR) is 100 cm³/mol. The quantitative estimate of drug-likeness (QED) is 0.602. The lowest BCUT2D eigenvalue weighted by atomic mass is 9.97. The number of carbonyl (C=O) groups excluding carboxylic acids is 2. The molecule has 2 fully saturated rings. The zero-order chi connectivity index (χ0) is 19.4. The molecule has 1 aromatic rings. The number of nitro benzene ring substituents is 1. The van der Waals surface area contributed by atoms with Gasteiger partial charge in [0.2, 0.25) is 5.91 Å². The van der Waals surface area contributed by atoms with Gasteiger partial charge in [0, 0.05) is 36.8 Å². The van der Waals surface area contributed by atoms with Gasteiger partial charge in [-0.05, 0) is 51.1 Å². The topological polar surface area (TPSA) is 105 Å². The number of rotatable bonds is 5. The molecule has 2 amide bonds. The lowest BCUT2D eigenvalue weighted by Crippen LogP contribution is -2.46. The van der Waals surface area contributed by atoms with Gasteiger partial charge in [0.15, 0.2) is 0 Å². The fraction of sp³-hybridized carbons (Fsp3) is 0.579. The van der Waals surface area contributed by atoms with Crippen LogP contribution in [0.3, 0.4) is 0 Å². The Bertz CT molecular complexity index is 730. The summed E-state index contributed by atoms with van der Waals surface area (Å²) in [5.41, 5.74) is 0.842. The zero-order valence-corrected chi connectivity index (χ0v) is 15.6. The molecule has 2 aliphatic heterocycles. The third-order valence-corrected chi connectivity index (χ3v) is 5.40. The number of aryl methyl sites for hydroxylation is 1. The highest BCUT2D eigenvalue weighted by Crippen LogP contribution is 2.23. The first-order valence-corrected chi connectivity index (χ1v) is 9.51. The Labute approximate surface area is 158 Å². The first kappa shape index (κ1) is 19.3. The molecule has 2 unspecified atom stereocenters. The van der Waals surface area contributed by atoms with Crippen LogP contribution in [-0.2, 0) is 4.79 Å². The van der Waals surface area contributed by atoms with Crippen molar-refractivity contribution >= 4 is 17.5 Å². The summed E-state index contributed by atoms with van der Waals surface area (Å²) in [4.78, 5) is 37.3.